The maximum atomic E-state index is 13.5. The molecule has 3 rings (SSSR count). The van der Waals surface area contributed by atoms with Crippen molar-refractivity contribution in [3.05, 3.63) is 63.7 Å². The SMILES string of the molecule is Cc1nc(NC(=O)c2cnn(C(C)C)c2C(F)(F)F)sc1Cc1ccc(F)cc1. The summed E-state index contributed by atoms with van der Waals surface area (Å²) in [4.78, 5) is 17.5. The van der Waals surface area contributed by atoms with E-state index in [0.717, 1.165) is 32.7 Å². The first-order chi connectivity index (χ1) is 13.6. The number of rotatable bonds is 5. The van der Waals surface area contributed by atoms with Crippen LogP contribution in [0.15, 0.2) is 30.5 Å². The van der Waals surface area contributed by atoms with E-state index in [2.05, 4.69) is 15.4 Å². The number of aromatic nitrogens is 3. The smallest absolute Gasteiger partial charge is 0.298 e. The minimum absolute atomic E-state index is 0.190. The number of benzene rings is 1. The van der Waals surface area contributed by atoms with E-state index >= 15 is 0 Å². The Morgan fingerprint density at radius 2 is 1.90 bits per heavy atom. The lowest BCUT2D eigenvalue weighted by Gasteiger charge is -2.14. The molecule has 0 spiro atoms. The van der Waals surface area contributed by atoms with Crippen LogP contribution in [-0.4, -0.2) is 20.7 Å². The Hall–Kier alpha value is -2.75. The maximum Gasteiger partial charge on any atom is 0.433 e. The van der Waals surface area contributed by atoms with Gasteiger partial charge in [-0.05, 0) is 38.5 Å². The van der Waals surface area contributed by atoms with Crippen LogP contribution in [-0.2, 0) is 12.6 Å². The summed E-state index contributed by atoms with van der Waals surface area (Å²) in [5.41, 5.74) is -0.152. The first-order valence-corrected chi connectivity index (χ1v) is 9.54. The normalized spacial score (nSPS) is 11.9. The van der Waals surface area contributed by atoms with Crippen molar-refractivity contribution >= 4 is 22.4 Å². The monoisotopic (exact) mass is 426 g/mol. The topological polar surface area (TPSA) is 59.8 Å². The van der Waals surface area contributed by atoms with Crippen LogP contribution in [0.25, 0.3) is 0 Å². The molecule has 1 aromatic carbocycles. The number of alkyl halides is 3. The number of hydrogen-bond acceptors (Lipinski definition) is 4. The van der Waals surface area contributed by atoms with Crippen LogP contribution in [0.3, 0.4) is 0 Å². The van der Waals surface area contributed by atoms with Gasteiger partial charge in [0.05, 0.1) is 17.5 Å². The third-order valence-corrected chi connectivity index (χ3v) is 5.26. The second-order valence-corrected chi connectivity index (χ2v) is 7.81. The van der Waals surface area contributed by atoms with Crippen molar-refractivity contribution in [1.82, 2.24) is 14.8 Å². The van der Waals surface area contributed by atoms with Crippen molar-refractivity contribution in [2.75, 3.05) is 5.32 Å². The molecule has 0 aliphatic rings. The first kappa shape index (κ1) is 21.0. The fourth-order valence-electron chi connectivity index (χ4n) is 2.80. The number of anilines is 1. The first-order valence-electron chi connectivity index (χ1n) is 8.73. The minimum atomic E-state index is -4.72. The van der Waals surface area contributed by atoms with E-state index < -0.39 is 29.4 Å². The van der Waals surface area contributed by atoms with Crippen LogP contribution in [0.5, 0.6) is 0 Å². The Morgan fingerprint density at radius 3 is 2.48 bits per heavy atom. The van der Waals surface area contributed by atoms with Crippen molar-refractivity contribution < 1.29 is 22.4 Å². The lowest BCUT2D eigenvalue weighted by Crippen LogP contribution is -2.22. The average molecular weight is 426 g/mol. The zero-order valence-electron chi connectivity index (χ0n) is 15.8. The lowest BCUT2D eigenvalue weighted by atomic mass is 10.1. The number of aryl methyl sites for hydroxylation is 1. The van der Waals surface area contributed by atoms with Gasteiger partial charge < -0.3 is 0 Å². The molecule has 0 unspecified atom stereocenters. The van der Waals surface area contributed by atoms with E-state index in [0.29, 0.717) is 12.1 Å². The number of nitrogens with zero attached hydrogens (tertiary/aromatic N) is 3. The molecule has 0 bridgehead atoms. The van der Waals surface area contributed by atoms with Gasteiger partial charge in [-0.25, -0.2) is 9.37 Å². The van der Waals surface area contributed by atoms with Gasteiger partial charge in [-0.3, -0.25) is 14.8 Å². The molecular formula is C19H18F4N4OS. The van der Waals surface area contributed by atoms with Gasteiger partial charge >= 0.3 is 6.18 Å². The summed E-state index contributed by atoms with van der Waals surface area (Å²) in [6, 6.07) is 5.42. The molecule has 5 nitrogen and oxygen atoms in total. The fraction of sp³-hybridized carbons (Fsp3) is 0.316. The van der Waals surface area contributed by atoms with E-state index in [9.17, 15) is 22.4 Å². The molecule has 2 aromatic heterocycles. The molecule has 154 valence electrons. The predicted octanol–water partition coefficient (Wildman–Crippen LogP) is 5.23. The van der Waals surface area contributed by atoms with E-state index in [1.807, 2.05) is 0 Å². The minimum Gasteiger partial charge on any atom is -0.298 e. The number of nitrogens with one attached hydrogen (secondary N) is 1. The Kier molecular flexibility index (Phi) is 5.74. The van der Waals surface area contributed by atoms with Gasteiger partial charge in [-0.1, -0.05) is 12.1 Å². The van der Waals surface area contributed by atoms with Crippen molar-refractivity contribution in [3.63, 3.8) is 0 Å². The molecule has 10 heteroatoms. The van der Waals surface area contributed by atoms with Crippen LogP contribution in [0.2, 0.25) is 0 Å². The summed E-state index contributed by atoms with van der Waals surface area (Å²) in [7, 11) is 0. The molecule has 0 radical (unpaired) electrons. The molecule has 2 heterocycles. The molecule has 0 fully saturated rings. The molecule has 29 heavy (non-hydrogen) atoms. The maximum absolute atomic E-state index is 13.5. The summed E-state index contributed by atoms with van der Waals surface area (Å²) in [5.74, 6) is -1.27. The molecule has 0 saturated carbocycles. The van der Waals surface area contributed by atoms with Crippen molar-refractivity contribution in [2.24, 2.45) is 0 Å². The second kappa shape index (κ2) is 7.94. The molecule has 1 amide bonds. The summed E-state index contributed by atoms with van der Waals surface area (Å²) in [5, 5.41) is 6.34. The Bertz CT molecular complexity index is 1020. The van der Waals surface area contributed by atoms with Gasteiger partial charge in [-0.15, -0.1) is 11.3 Å². The summed E-state index contributed by atoms with van der Waals surface area (Å²) in [6.45, 7) is 4.84. The zero-order chi connectivity index (χ0) is 21.3. The van der Waals surface area contributed by atoms with Crippen LogP contribution in [0.1, 0.15) is 52.1 Å². The van der Waals surface area contributed by atoms with Crippen LogP contribution in [0, 0.1) is 12.7 Å². The van der Waals surface area contributed by atoms with Gasteiger partial charge in [0.15, 0.2) is 10.8 Å². The summed E-state index contributed by atoms with van der Waals surface area (Å²) in [6.07, 6.45) is -3.34. The van der Waals surface area contributed by atoms with Crippen LogP contribution in [0.4, 0.5) is 22.7 Å². The van der Waals surface area contributed by atoms with Crippen molar-refractivity contribution in [3.8, 4) is 0 Å². The van der Waals surface area contributed by atoms with E-state index in [1.54, 1.807) is 32.9 Å². The van der Waals surface area contributed by atoms with E-state index in [4.69, 9.17) is 0 Å². The van der Waals surface area contributed by atoms with Gasteiger partial charge in [0.2, 0.25) is 0 Å². The van der Waals surface area contributed by atoms with Gasteiger partial charge in [0.25, 0.3) is 5.91 Å². The number of halogens is 4. The van der Waals surface area contributed by atoms with Gasteiger partial charge in [0.1, 0.15) is 5.82 Å². The fourth-order valence-corrected chi connectivity index (χ4v) is 3.79. The molecular weight excluding hydrogens is 408 g/mol. The van der Waals surface area contributed by atoms with Gasteiger partial charge in [-0.2, -0.15) is 18.3 Å². The third kappa shape index (κ3) is 4.64. The Labute approximate surface area is 168 Å². The molecule has 0 saturated heterocycles. The summed E-state index contributed by atoms with van der Waals surface area (Å²) >= 11 is 1.16. The molecule has 3 aromatic rings. The molecule has 0 aliphatic carbocycles. The highest BCUT2D eigenvalue weighted by atomic mass is 32.1. The highest BCUT2D eigenvalue weighted by Crippen LogP contribution is 2.34. The largest absolute Gasteiger partial charge is 0.433 e. The highest BCUT2D eigenvalue weighted by molar-refractivity contribution is 7.15. The predicted molar refractivity (Wildman–Crippen MR) is 102 cm³/mol. The second-order valence-electron chi connectivity index (χ2n) is 6.73. The average Bonchev–Trinajstić information content (AvgIpc) is 3.21. The number of carbonyl (C=O) groups excluding carboxylic acids is 1. The number of hydrogen-bond donors (Lipinski definition) is 1. The Balaban J connectivity index is 1.82. The highest BCUT2D eigenvalue weighted by Gasteiger charge is 2.40. The zero-order valence-corrected chi connectivity index (χ0v) is 16.7. The molecule has 1 N–H and O–H groups in total. The number of thiazole rings is 1. The standard InChI is InChI=1S/C19H18F4N4OS/c1-10(2)27-16(19(21,22)23)14(9-24-27)17(28)26-18-25-11(3)15(29-18)8-12-4-6-13(20)7-5-12/h4-7,9-10H,8H2,1-3H3,(H,25,26,28). The van der Waals surface area contributed by atoms with Crippen LogP contribution >= 0.6 is 11.3 Å². The van der Waals surface area contributed by atoms with Crippen molar-refractivity contribution in [1.29, 1.82) is 0 Å². The van der Waals surface area contributed by atoms with Gasteiger partial charge in [0, 0.05) is 17.3 Å². The number of carbonyl (C=O) groups is 1. The molecule has 0 atom stereocenters. The lowest BCUT2D eigenvalue weighted by molar-refractivity contribution is -0.145. The number of amides is 1. The quantitative estimate of drug-likeness (QED) is 0.569. The van der Waals surface area contributed by atoms with E-state index in [-0.39, 0.29) is 10.9 Å². The Morgan fingerprint density at radius 1 is 1.24 bits per heavy atom. The molecule has 0 aliphatic heterocycles. The van der Waals surface area contributed by atoms with Crippen molar-refractivity contribution in [2.45, 2.75) is 39.4 Å². The third-order valence-electron chi connectivity index (χ3n) is 4.19. The van der Waals surface area contributed by atoms with Crippen LogP contribution < -0.4 is 5.32 Å². The van der Waals surface area contributed by atoms with E-state index in [1.165, 1.54) is 12.1 Å². The summed E-state index contributed by atoms with van der Waals surface area (Å²) < 4.78 is 54.2.